The zero-order chi connectivity index (χ0) is 27.3. The van der Waals surface area contributed by atoms with Crippen LogP contribution in [0, 0.1) is 5.82 Å². The van der Waals surface area contributed by atoms with E-state index in [2.05, 4.69) is 9.71 Å². The molecule has 1 amide bonds. The summed E-state index contributed by atoms with van der Waals surface area (Å²) in [4.78, 5) is 29.6. The molecular formula is C26H24FN3O6S2. The number of hydrogen-bond acceptors (Lipinski definition) is 7. The number of fused-ring (bicyclic) bond motifs is 1. The minimum Gasteiger partial charge on any atom is -0.465 e. The second-order valence-electron chi connectivity index (χ2n) is 7.96. The number of hydrogen-bond donors (Lipinski definition) is 1. The van der Waals surface area contributed by atoms with E-state index in [0.717, 1.165) is 34.5 Å². The van der Waals surface area contributed by atoms with Gasteiger partial charge in [0.2, 0.25) is 0 Å². The molecule has 4 rings (SSSR count). The van der Waals surface area contributed by atoms with Crippen molar-refractivity contribution in [3.8, 4) is 0 Å². The summed E-state index contributed by atoms with van der Waals surface area (Å²) in [5, 5.41) is 0. The second kappa shape index (κ2) is 11.7. The predicted molar refractivity (Wildman–Crippen MR) is 141 cm³/mol. The normalized spacial score (nSPS) is 12.0. The van der Waals surface area contributed by atoms with Crippen molar-refractivity contribution in [2.75, 3.05) is 25.0 Å². The maximum absolute atomic E-state index is 13.1. The molecule has 0 bridgehead atoms. The van der Waals surface area contributed by atoms with Crippen molar-refractivity contribution in [1.29, 1.82) is 0 Å². The van der Waals surface area contributed by atoms with Gasteiger partial charge in [0, 0.05) is 24.4 Å². The monoisotopic (exact) mass is 557 g/mol. The summed E-state index contributed by atoms with van der Waals surface area (Å²) in [5.41, 5.74) is 1.66. The Morgan fingerprint density at radius 1 is 1.03 bits per heavy atom. The number of rotatable bonds is 9. The van der Waals surface area contributed by atoms with Crippen molar-refractivity contribution in [1.82, 2.24) is 4.57 Å². The van der Waals surface area contributed by atoms with Gasteiger partial charge in [-0.15, -0.1) is 0 Å². The first-order valence-corrected chi connectivity index (χ1v) is 13.8. The van der Waals surface area contributed by atoms with Crippen LogP contribution in [0.3, 0.4) is 0 Å². The Labute approximate surface area is 222 Å². The Balaban J connectivity index is 1.61. The van der Waals surface area contributed by atoms with Crippen LogP contribution < -0.4 is 9.52 Å². The molecule has 9 nitrogen and oxygen atoms in total. The number of anilines is 1. The zero-order valence-electron chi connectivity index (χ0n) is 20.5. The van der Waals surface area contributed by atoms with Gasteiger partial charge < -0.3 is 14.0 Å². The van der Waals surface area contributed by atoms with Crippen LogP contribution in [0.2, 0.25) is 0 Å². The lowest BCUT2D eigenvalue weighted by Gasteiger charge is -2.08. The number of methoxy groups -OCH3 is 1. The number of nitrogens with zero attached hydrogens (tertiary/aromatic N) is 2. The van der Waals surface area contributed by atoms with E-state index in [1.54, 1.807) is 18.2 Å². The number of halogens is 1. The molecule has 1 aromatic heterocycles. The third-order valence-electron chi connectivity index (χ3n) is 5.47. The van der Waals surface area contributed by atoms with Crippen LogP contribution in [0.5, 0.6) is 0 Å². The van der Waals surface area contributed by atoms with E-state index in [4.69, 9.17) is 9.47 Å². The highest BCUT2D eigenvalue weighted by Crippen LogP contribution is 2.21. The smallest absolute Gasteiger partial charge is 0.337 e. The van der Waals surface area contributed by atoms with Gasteiger partial charge in [0.05, 0.1) is 34.4 Å². The molecule has 0 atom stereocenters. The first kappa shape index (κ1) is 27.2. The van der Waals surface area contributed by atoms with Gasteiger partial charge in [0.1, 0.15) is 5.82 Å². The maximum atomic E-state index is 13.1. The van der Waals surface area contributed by atoms with Gasteiger partial charge in [-0.1, -0.05) is 11.3 Å². The minimum atomic E-state index is -3.93. The number of nitrogens with one attached hydrogen (secondary N) is 1. The second-order valence-corrected chi connectivity index (χ2v) is 10.7. The van der Waals surface area contributed by atoms with Crippen molar-refractivity contribution in [3.05, 3.63) is 88.5 Å². The Kier molecular flexibility index (Phi) is 8.35. The average Bonchev–Trinajstić information content (AvgIpc) is 3.24. The fraction of sp³-hybridized carbons (Fsp3) is 0.192. The molecule has 0 aliphatic carbocycles. The number of ether oxygens (including phenoxy) is 2. The van der Waals surface area contributed by atoms with Crippen molar-refractivity contribution < 1.29 is 31.9 Å². The number of benzene rings is 3. The van der Waals surface area contributed by atoms with Gasteiger partial charge in [-0.25, -0.2) is 17.6 Å². The molecule has 198 valence electrons. The lowest BCUT2D eigenvalue weighted by molar-refractivity contribution is 0.0600. The molecule has 0 aliphatic rings. The van der Waals surface area contributed by atoms with Crippen LogP contribution in [-0.2, 0) is 26.0 Å². The molecule has 0 radical (unpaired) electrons. The number of amides is 1. The van der Waals surface area contributed by atoms with Crippen LogP contribution in [0.25, 0.3) is 10.2 Å². The fourth-order valence-electron chi connectivity index (χ4n) is 3.58. The summed E-state index contributed by atoms with van der Waals surface area (Å²) in [6, 6.07) is 15.4. The third-order valence-corrected chi connectivity index (χ3v) is 7.91. The topological polar surface area (TPSA) is 116 Å². The van der Waals surface area contributed by atoms with Gasteiger partial charge in [-0.3, -0.25) is 9.52 Å². The zero-order valence-corrected chi connectivity index (χ0v) is 22.1. The summed E-state index contributed by atoms with van der Waals surface area (Å²) in [6.07, 6.45) is 0. The van der Waals surface area contributed by atoms with Gasteiger partial charge >= 0.3 is 5.97 Å². The lowest BCUT2D eigenvalue weighted by Crippen LogP contribution is -2.19. The molecule has 0 saturated heterocycles. The van der Waals surface area contributed by atoms with E-state index in [0.29, 0.717) is 30.1 Å². The molecular weight excluding hydrogens is 533 g/mol. The molecule has 0 spiro atoms. The highest BCUT2D eigenvalue weighted by atomic mass is 32.2. The standard InChI is InChI=1S/C26H24FN3O6S2/c1-3-36-15-14-30-22-13-6-18(25(32)35-2)16-23(22)37-26(30)28-24(31)17-4-9-20(10-5-17)29-38(33,34)21-11-7-19(27)8-12-21/h4-13,16,29H,3,14-15H2,1-2H3. The van der Waals surface area contributed by atoms with Gasteiger partial charge in [0.25, 0.3) is 15.9 Å². The molecule has 38 heavy (non-hydrogen) atoms. The molecule has 0 aliphatic heterocycles. The van der Waals surface area contributed by atoms with Crippen molar-refractivity contribution in [3.63, 3.8) is 0 Å². The van der Waals surface area contributed by atoms with Gasteiger partial charge in [-0.05, 0) is 73.7 Å². The predicted octanol–water partition coefficient (Wildman–Crippen LogP) is 4.21. The maximum Gasteiger partial charge on any atom is 0.337 e. The van der Waals surface area contributed by atoms with E-state index in [1.807, 2.05) is 11.5 Å². The number of thiazole rings is 1. The number of carbonyl (C=O) groups excluding carboxylic acids is 2. The van der Waals surface area contributed by atoms with E-state index in [9.17, 15) is 22.4 Å². The van der Waals surface area contributed by atoms with Gasteiger partial charge in [0.15, 0.2) is 4.80 Å². The number of carbonyl (C=O) groups is 2. The highest BCUT2D eigenvalue weighted by Gasteiger charge is 2.16. The number of esters is 1. The molecule has 0 unspecified atom stereocenters. The Bertz CT molecular complexity index is 1640. The Hall–Kier alpha value is -3.87. The molecule has 0 fully saturated rings. The molecule has 0 saturated carbocycles. The lowest BCUT2D eigenvalue weighted by atomic mass is 10.2. The van der Waals surface area contributed by atoms with Crippen LogP contribution in [0.1, 0.15) is 27.6 Å². The van der Waals surface area contributed by atoms with E-state index >= 15 is 0 Å². The van der Waals surface area contributed by atoms with Crippen LogP contribution in [0.15, 0.2) is 76.6 Å². The van der Waals surface area contributed by atoms with Crippen LogP contribution in [-0.4, -0.2) is 45.2 Å². The summed E-state index contributed by atoms with van der Waals surface area (Å²) < 4.78 is 53.5. The summed E-state index contributed by atoms with van der Waals surface area (Å²) >= 11 is 1.25. The fourth-order valence-corrected chi connectivity index (χ4v) is 5.73. The van der Waals surface area contributed by atoms with Crippen LogP contribution >= 0.6 is 11.3 Å². The minimum absolute atomic E-state index is 0.0919. The van der Waals surface area contributed by atoms with Crippen LogP contribution in [0.4, 0.5) is 10.1 Å². The van der Waals surface area contributed by atoms with Gasteiger partial charge in [-0.2, -0.15) is 4.99 Å². The summed E-state index contributed by atoms with van der Waals surface area (Å²) in [5.74, 6) is -1.54. The van der Waals surface area contributed by atoms with E-state index in [-0.39, 0.29) is 16.1 Å². The SMILES string of the molecule is CCOCCn1c(=NC(=O)c2ccc(NS(=O)(=O)c3ccc(F)cc3)cc2)sc2cc(C(=O)OC)ccc21. The first-order valence-electron chi connectivity index (χ1n) is 11.5. The van der Waals surface area contributed by atoms with Crippen molar-refractivity contribution >= 4 is 49.1 Å². The largest absolute Gasteiger partial charge is 0.465 e. The molecule has 4 aromatic rings. The summed E-state index contributed by atoms with van der Waals surface area (Å²) in [7, 11) is -2.62. The van der Waals surface area contributed by atoms with E-state index < -0.39 is 27.7 Å². The Morgan fingerprint density at radius 3 is 2.37 bits per heavy atom. The average molecular weight is 558 g/mol. The number of sulfonamides is 1. The molecule has 1 heterocycles. The molecule has 3 aromatic carbocycles. The highest BCUT2D eigenvalue weighted by molar-refractivity contribution is 7.92. The van der Waals surface area contributed by atoms with E-state index in [1.165, 1.54) is 42.7 Å². The summed E-state index contributed by atoms with van der Waals surface area (Å²) in [6.45, 7) is 3.28. The Morgan fingerprint density at radius 2 is 1.71 bits per heavy atom. The number of aromatic nitrogens is 1. The van der Waals surface area contributed by atoms with Crippen molar-refractivity contribution in [2.45, 2.75) is 18.4 Å². The quantitative estimate of drug-likeness (QED) is 0.244. The third kappa shape index (κ3) is 6.15. The molecule has 1 N–H and O–H groups in total. The molecule has 12 heteroatoms. The van der Waals surface area contributed by atoms with Crippen molar-refractivity contribution in [2.24, 2.45) is 4.99 Å². The first-order chi connectivity index (χ1) is 18.2.